The largest absolute Gasteiger partial charge is 0.374 e. The summed E-state index contributed by atoms with van der Waals surface area (Å²) in [6.45, 7) is 2.64. The molecule has 1 aliphatic heterocycles. The zero-order valence-corrected chi connectivity index (χ0v) is 11.3. The average molecular weight is 256 g/mol. The Morgan fingerprint density at radius 2 is 2.00 bits per heavy atom. The van der Waals surface area contributed by atoms with Gasteiger partial charge in [0.15, 0.2) is 0 Å². The number of ether oxygens (including phenoxy) is 1. The first-order chi connectivity index (χ1) is 9.25. The van der Waals surface area contributed by atoms with E-state index in [4.69, 9.17) is 10.5 Å². The van der Waals surface area contributed by atoms with Gasteiger partial charge in [0, 0.05) is 13.1 Å². The molecule has 0 aromatic heterocycles. The molecular weight excluding hydrogens is 236 g/mol. The van der Waals surface area contributed by atoms with Gasteiger partial charge >= 0.3 is 0 Å². The van der Waals surface area contributed by atoms with Crippen LogP contribution in [0.25, 0.3) is 10.8 Å². The first-order valence-electron chi connectivity index (χ1n) is 6.79. The fourth-order valence-corrected chi connectivity index (χ4v) is 2.77. The van der Waals surface area contributed by atoms with Crippen LogP contribution in [-0.4, -0.2) is 37.7 Å². The summed E-state index contributed by atoms with van der Waals surface area (Å²) in [5.74, 6) is 0. The smallest absolute Gasteiger partial charge is 0.0894 e. The maximum absolute atomic E-state index is 6.45. The molecule has 0 spiro atoms. The number of likely N-dealkylation sites (N-methyl/N-ethyl adjacent to an activating group) is 1. The summed E-state index contributed by atoms with van der Waals surface area (Å²) in [5, 5.41) is 2.47. The highest BCUT2D eigenvalue weighted by molar-refractivity contribution is 5.86. The minimum Gasteiger partial charge on any atom is -0.374 e. The Labute approximate surface area is 114 Å². The molecule has 2 aromatic carbocycles. The molecular formula is C16H20N2O. The molecule has 2 atom stereocenters. The van der Waals surface area contributed by atoms with Crippen LogP contribution in [0, 0.1) is 0 Å². The number of fused-ring (bicyclic) bond motifs is 1. The van der Waals surface area contributed by atoms with Crippen LogP contribution in [0.3, 0.4) is 0 Å². The average Bonchev–Trinajstić information content (AvgIpc) is 2.46. The van der Waals surface area contributed by atoms with Crippen LogP contribution in [0.4, 0.5) is 0 Å². The molecule has 0 aliphatic carbocycles. The van der Waals surface area contributed by atoms with E-state index in [1.807, 2.05) is 0 Å². The van der Waals surface area contributed by atoms with Gasteiger partial charge in [-0.05, 0) is 23.4 Å². The summed E-state index contributed by atoms with van der Waals surface area (Å²) in [6.07, 6.45) is 0.0737. The monoisotopic (exact) mass is 256 g/mol. The van der Waals surface area contributed by atoms with E-state index < -0.39 is 0 Å². The number of hydrogen-bond donors (Lipinski definition) is 1. The molecule has 3 rings (SSSR count). The summed E-state index contributed by atoms with van der Waals surface area (Å²) in [6, 6.07) is 14.6. The van der Waals surface area contributed by atoms with Crippen molar-refractivity contribution in [1.29, 1.82) is 0 Å². The lowest BCUT2D eigenvalue weighted by Crippen LogP contribution is -2.45. The second-order valence-corrected chi connectivity index (χ2v) is 5.27. The molecule has 1 fully saturated rings. The highest BCUT2D eigenvalue weighted by atomic mass is 16.5. The van der Waals surface area contributed by atoms with Crippen LogP contribution >= 0.6 is 0 Å². The zero-order valence-electron chi connectivity index (χ0n) is 11.3. The van der Waals surface area contributed by atoms with Crippen LogP contribution in [-0.2, 0) is 4.74 Å². The summed E-state index contributed by atoms with van der Waals surface area (Å²) in [7, 11) is 2.12. The van der Waals surface area contributed by atoms with Crippen molar-refractivity contribution in [2.45, 2.75) is 12.1 Å². The lowest BCUT2D eigenvalue weighted by Gasteiger charge is -2.34. The molecule has 3 nitrogen and oxygen atoms in total. The number of nitrogens with zero attached hydrogens (tertiary/aromatic N) is 1. The summed E-state index contributed by atoms with van der Waals surface area (Å²) in [5.41, 5.74) is 7.63. The Bertz CT molecular complexity index is 564. The molecule has 2 N–H and O–H groups in total. The molecule has 0 radical (unpaired) electrons. The molecule has 100 valence electrons. The minimum absolute atomic E-state index is 0.0737. The van der Waals surface area contributed by atoms with E-state index in [-0.39, 0.29) is 12.1 Å². The van der Waals surface area contributed by atoms with Gasteiger partial charge < -0.3 is 15.4 Å². The lowest BCUT2D eigenvalue weighted by atomic mass is 9.95. The van der Waals surface area contributed by atoms with Crippen LogP contribution in [0.15, 0.2) is 42.5 Å². The SMILES string of the molecule is CN1CCOC(C(N)c2cccc3ccccc23)C1. The Balaban J connectivity index is 1.95. The standard InChI is InChI=1S/C16H20N2O/c1-18-9-10-19-15(11-18)16(17)14-8-4-6-12-5-2-3-7-13(12)14/h2-8,15-16H,9-11,17H2,1H3. The topological polar surface area (TPSA) is 38.5 Å². The third-order valence-corrected chi connectivity index (χ3v) is 3.88. The fourth-order valence-electron chi connectivity index (χ4n) is 2.77. The lowest BCUT2D eigenvalue weighted by molar-refractivity contribution is -0.0324. The second-order valence-electron chi connectivity index (χ2n) is 5.27. The van der Waals surface area contributed by atoms with Crippen LogP contribution in [0.2, 0.25) is 0 Å². The van der Waals surface area contributed by atoms with Crippen LogP contribution in [0.5, 0.6) is 0 Å². The van der Waals surface area contributed by atoms with Crippen molar-refractivity contribution in [3.8, 4) is 0 Å². The Hall–Kier alpha value is -1.42. The molecule has 2 aromatic rings. The van der Waals surface area contributed by atoms with E-state index in [1.54, 1.807) is 0 Å². The molecule has 3 heteroatoms. The fraction of sp³-hybridized carbons (Fsp3) is 0.375. The molecule has 19 heavy (non-hydrogen) atoms. The Morgan fingerprint density at radius 1 is 1.21 bits per heavy atom. The normalized spacial score (nSPS) is 22.5. The first-order valence-corrected chi connectivity index (χ1v) is 6.79. The predicted octanol–water partition coefficient (Wildman–Crippen LogP) is 2.17. The minimum atomic E-state index is -0.0751. The number of morpholine rings is 1. The van der Waals surface area contributed by atoms with E-state index in [0.29, 0.717) is 0 Å². The quantitative estimate of drug-likeness (QED) is 0.895. The van der Waals surface area contributed by atoms with Gasteiger partial charge in [-0.3, -0.25) is 0 Å². The summed E-state index contributed by atoms with van der Waals surface area (Å²) in [4.78, 5) is 2.28. The van der Waals surface area contributed by atoms with Gasteiger partial charge in [0.05, 0.1) is 18.8 Å². The van der Waals surface area contributed by atoms with Gasteiger partial charge in [-0.25, -0.2) is 0 Å². The first kappa shape index (κ1) is 12.6. The molecule has 0 amide bonds. The van der Waals surface area contributed by atoms with Crippen LogP contribution in [0.1, 0.15) is 11.6 Å². The van der Waals surface area contributed by atoms with Crippen molar-refractivity contribution < 1.29 is 4.74 Å². The molecule has 2 unspecified atom stereocenters. The second kappa shape index (κ2) is 5.29. The van der Waals surface area contributed by atoms with Gasteiger partial charge in [0.25, 0.3) is 0 Å². The van der Waals surface area contributed by atoms with E-state index in [1.165, 1.54) is 16.3 Å². The van der Waals surface area contributed by atoms with Crippen molar-refractivity contribution in [3.05, 3.63) is 48.0 Å². The molecule has 0 bridgehead atoms. The van der Waals surface area contributed by atoms with E-state index >= 15 is 0 Å². The number of rotatable bonds is 2. The molecule has 0 saturated carbocycles. The third kappa shape index (κ3) is 2.50. The number of hydrogen-bond acceptors (Lipinski definition) is 3. The van der Waals surface area contributed by atoms with Gasteiger partial charge in [0.2, 0.25) is 0 Å². The van der Waals surface area contributed by atoms with E-state index in [2.05, 4.69) is 54.4 Å². The van der Waals surface area contributed by atoms with Crippen molar-refractivity contribution >= 4 is 10.8 Å². The number of benzene rings is 2. The van der Waals surface area contributed by atoms with Crippen molar-refractivity contribution in [3.63, 3.8) is 0 Å². The highest BCUT2D eigenvalue weighted by Gasteiger charge is 2.26. The number of nitrogens with two attached hydrogens (primary N) is 1. The maximum atomic E-state index is 6.45. The van der Waals surface area contributed by atoms with Crippen LogP contribution < -0.4 is 5.73 Å². The molecule has 1 saturated heterocycles. The van der Waals surface area contributed by atoms with E-state index in [0.717, 1.165) is 19.7 Å². The van der Waals surface area contributed by atoms with E-state index in [9.17, 15) is 0 Å². The highest BCUT2D eigenvalue weighted by Crippen LogP contribution is 2.27. The maximum Gasteiger partial charge on any atom is 0.0894 e. The van der Waals surface area contributed by atoms with Crippen molar-refractivity contribution in [2.24, 2.45) is 5.73 Å². The summed E-state index contributed by atoms with van der Waals surface area (Å²) < 4.78 is 5.85. The third-order valence-electron chi connectivity index (χ3n) is 3.88. The Kier molecular flexibility index (Phi) is 3.51. The molecule has 1 heterocycles. The Morgan fingerprint density at radius 3 is 2.84 bits per heavy atom. The zero-order chi connectivity index (χ0) is 13.2. The van der Waals surface area contributed by atoms with Gasteiger partial charge in [-0.15, -0.1) is 0 Å². The van der Waals surface area contributed by atoms with Crippen molar-refractivity contribution in [2.75, 3.05) is 26.7 Å². The van der Waals surface area contributed by atoms with Gasteiger partial charge in [-0.2, -0.15) is 0 Å². The summed E-state index contributed by atoms with van der Waals surface area (Å²) >= 11 is 0. The van der Waals surface area contributed by atoms with Gasteiger partial charge in [0.1, 0.15) is 0 Å². The predicted molar refractivity (Wildman–Crippen MR) is 78.1 cm³/mol. The molecule has 1 aliphatic rings. The van der Waals surface area contributed by atoms with Crippen molar-refractivity contribution in [1.82, 2.24) is 4.90 Å². The van der Waals surface area contributed by atoms with Gasteiger partial charge in [-0.1, -0.05) is 42.5 Å².